The van der Waals surface area contributed by atoms with Gasteiger partial charge in [-0.3, -0.25) is 0 Å². The maximum atomic E-state index is 11.9. The van der Waals surface area contributed by atoms with E-state index >= 15 is 0 Å². The molecule has 0 aromatic carbocycles. The van der Waals surface area contributed by atoms with Gasteiger partial charge >= 0.3 is 0 Å². The topological polar surface area (TPSA) is 80.3 Å². The minimum absolute atomic E-state index is 0.0167. The van der Waals surface area contributed by atoms with Crippen LogP contribution in [0.1, 0.15) is 32.1 Å². The lowest BCUT2D eigenvalue weighted by molar-refractivity contribution is 0.413. The molecular weight excluding hydrogens is 262 g/mol. The summed E-state index contributed by atoms with van der Waals surface area (Å²) in [5.74, 6) is -0.511. The lowest BCUT2D eigenvalue weighted by Crippen LogP contribution is -2.37. The second-order valence-corrected chi connectivity index (χ2v) is 8.56. The minimum atomic E-state index is -3.60. The average Bonchev–Trinajstić information content (AvgIpc) is 2.60. The summed E-state index contributed by atoms with van der Waals surface area (Å²) in [5, 5.41) is 0. The molecule has 0 saturated heterocycles. The van der Waals surface area contributed by atoms with Crippen molar-refractivity contribution in [3.8, 4) is 0 Å². The summed E-state index contributed by atoms with van der Waals surface area (Å²) in [6.45, 7) is 0. The van der Waals surface area contributed by atoms with Crippen molar-refractivity contribution in [1.82, 2.24) is 4.72 Å². The van der Waals surface area contributed by atoms with Crippen LogP contribution in [0.3, 0.4) is 0 Å². The quantitative estimate of drug-likeness (QED) is 0.818. The van der Waals surface area contributed by atoms with Crippen LogP contribution >= 0.6 is 0 Å². The number of hydrogen-bond acceptors (Lipinski definition) is 4. The Bertz CT molecular complexity index is 513. The van der Waals surface area contributed by atoms with E-state index in [0.717, 1.165) is 32.1 Å². The van der Waals surface area contributed by atoms with Gasteiger partial charge in [-0.15, -0.1) is 0 Å². The van der Waals surface area contributed by atoms with Crippen LogP contribution < -0.4 is 4.72 Å². The zero-order chi connectivity index (χ0) is 12.5. The summed E-state index contributed by atoms with van der Waals surface area (Å²) >= 11 is 0. The van der Waals surface area contributed by atoms with Gasteiger partial charge in [0.05, 0.1) is 16.4 Å². The van der Waals surface area contributed by atoms with E-state index in [2.05, 4.69) is 4.72 Å². The molecule has 0 atom stereocenters. The molecule has 98 valence electrons. The molecule has 0 unspecified atom stereocenters. The third kappa shape index (κ3) is 3.29. The zero-order valence-corrected chi connectivity index (χ0v) is 11.2. The number of hydrogen-bond donors (Lipinski definition) is 1. The molecule has 0 aromatic heterocycles. The van der Waals surface area contributed by atoms with Gasteiger partial charge in [0.2, 0.25) is 10.0 Å². The molecule has 1 heterocycles. The standard InChI is InChI=1S/C10H17NO4S2/c12-16(13)7-6-10(8-16)17(14,15)11-9-4-2-1-3-5-9/h6,9,11H,1-5,7-8H2. The first-order chi connectivity index (χ1) is 7.89. The Balaban J connectivity index is 2.04. The molecule has 0 aromatic rings. The third-order valence-electron chi connectivity index (χ3n) is 3.20. The second-order valence-electron chi connectivity index (χ2n) is 4.68. The molecule has 0 bridgehead atoms. The molecule has 1 N–H and O–H groups in total. The normalized spacial score (nSPS) is 25.8. The second kappa shape index (κ2) is 4.70. The fourth-order valence-corrected chi connectivity index (χ4v) is 5.78. The first-order valence-electron chi connectivity index (χ1n) is 5.81. The van der Waals surface area contributed by atoms with Crippen molar-refractivity contribution in [2.75, 3.05) is 11.5 Å². The van der Waals surface area contributed by atoms with Crippen LogP contribution in [0.15, 0.2) is 11.0 Å². The van der Waals surface area contributed by atoms with Crippen LogP contribution in [0.25, 0.3) is 0 Å². The number of sulfonamides is 1. The molecule has 7 heteroatoms. The predicted molar refractivity (Wildman–Crippen MR) is 65.7 cm³/mol. The van der Waals surface area contributed by atoms with Gasteiger partial charge in [0.1, 0.15) is 0 Å². The van der Waals surface area contributed by atoms with E-state index in [1.807, 2.05) is 0 Å². The largest absolute Gasteiger partial charge is 0.237 e. The van der Waals surface area contributed by atoms with Crippen LogP contribution in [0.2, 0.25) is 0 Å². The Hall–Kier alpha value is -0.400. The molecule has 1 aliphatic carbocycles. The third-order valence-corrected chi connectivity index (χ3v) is 6.45. The highest BCUT2D eigenvalue weighted by Gasteiger charge is 2.30. The smallest absolute Gasteiger partial charge is 0.228 e. The van der Waals surface area contributed by atoms with Gasteiger partial charge in [-0.2, -0.15) is 0 Å². The molecule has 1 aliphatic heterocycles. The van der Waals surface area contributed by atoms with Crippen LogP contribution in [-0.2, 0) is 19.9 Å². The van der Waals surface area contributed by atoms with Gasteiger partial charge in [-0.05, 0) is 12.8 Å². The summed E-state index contributed by atoms with van der Waals surface area (Å²) in [6, 6.07) is -0.0297. The summed E-state index contributed by atoms with van der Waals surface area (Å²) in [5.41, 5.74) is 0. The van der Waals surface area contributed by atoms with Crippen molar-refractivity contribution in [1.29, 1.82) is 0 Å². The molecule has 2 rings (SSSR count). The Labute approximate surface area is 102 Å². The summed E-state index contributed by atoms with van der Waals surface area (Å²) in [6.07, 6.45) is 6.21. The molecule has 2 aliphatic rings. The van der Waals surface area contributed by atoms with Crippen molar-refractivity contribution >= 4 is 19.9 Å². The number of sulfone groups is 1. The summed E-state index contributed by atoms with van der Waals surface area (Å²) < 4.78 is 49.0. The van der Waals surface area contributed by atoms with Gasteiger partial charge in [0, 0.05) is 6.04 Å². The zero-order valence-electron chi connectivity index (χ0n) is 9.55. The van der Waals surface area contributed by atoms with E-state index in [0.29, 0.717) is 0 Å². The van der Waals surface area contributed by atoms with Crippen molar-refractivity contribution < 1.29 is 16.8 Å². The Morgan fingerprint density at radius 3 is 2.35 bits per heavy atom. The Kier molecular flexibility index (Phi) is 3.61. The number of rotatable bonds is 3. The van der Waals surface area contributed by atoms with Gasteiger partial charge in [-0.1, -0.05) is 25.3 Å². The predicted octanol–water partition coefficient (Wildman–Crippen LogP) is 0.551. The molecule has 0 radical (unpaired) electrons. The fourth-order valence-electron chi connectivity index (χ4n) is 2.26. The van der Waals surface area contributed by atoms with Crippen molar-refractivity contribution in [2.24, 2.45) is 0 Å². The lowest BCUT2D eigenvalue weighted by atomic mass is 9.96. The summed E-state index contributed by atoms with van der Waals surface area (Å²) in [7, 11) is -6.83. The summed E-state index contributed by atoms with van der Waals surface area (Å²) in [4.78, 5) is 0.0167. The highest BCUT2D eigenvalue weighted by atomic mass is 32.2. The highest BCUT2D eigenvalue weighted by molar-refractivity contribution is 7.97. The lowest BCUT2D eigenvalue weighted by Gasteiger charge is -2.22. The van der Waals surface area contributed by atoms with Crippen LogP contribution in [0, 0.1) is 0 Å². The molecule has 1 saturated carbocycles. The van der Waals surface area contributed by atoms with Crippen LogP contribution in [0.4, 0.5) is 0 Å². The first-order valence-corrected chi connectivity index (χ1v) is 9.11. The van der Waals surface area contributed by atoms with Gasteiger partial charge in [0.25, 0.3) is 0 Å². The SMILES string of the molecule is O=S1(=O)CC=C(S(=O)(=O)NC2CCCCC2)C1. The molecule has 17 heavy (non-hydrogen) atoms. The van der Waals surface area contributed by atoms with Gasteiger partial charge in [0.15, 0.2) is 9.84 Å². The Morgan fingerprint density at radius 2 is 1.82 bits per heavy atom. The van der Waals surface area contributed by atoms with Gasteiger partial charge < -0.3 is 0 Å². The fraction of sp³-hybridized carbons (Fsp3) is 0.800. The van der Waals surface area contributed by atoms with E-state index in [-0.39, 0.29) is 22.5 Å². The van der Waals surface area contributed by atoms with Crippen molar-refractivity contribution in [3.63, 3.8) is 0 Å². The van der Waals surface area contributed by atoms with Gasteiger partial charge in [-0.25, -0.2) is 21.6 Å². The van der Waals surface area contributed by atoms with Crippen LogP contribution in [-0.4, -0.2) is 34.4 Å². The van der Waals surface area contributed by atoms with E-state index < -0.39 is 19.9 Å². The van der Waals surface area contributed by atoms with E-state index in [1.165, 1.54) is 6.08 Å². The molecule has 5 nitrogen and oxygen atoms in total. The maximum Gasteiger partial charge on any atom is 0.237 e. The van der Waals surface area contributed by atoms with Crippen LogP contribution in [0.5, 0.6) is 0 Å². The first kappa shape index (κ1) is 13.0. The molecule has 0 spiro atoms. The van der Waals surface area contributed by atoms with E-state index in [1.54, 1.807) is 0 Å². The minimum Gasteiger partial charge on any atom is -0.228 e. The molecule has 0 amide bonds. The van der Waals surface area contributed by atoms with Crippen molar-refractivity contribution in [2.45, 2.75) is 38.1 Å². The number of nitrogens with one attached hydrogen (secondary N) is 1. The van der Waals surface area contributed by atoms with E-state index in [9.17, 15) is 16.8 Å². The Morgan fingerprint density at radius 1 is 1.18 bits per heavy atom. The average molecular weight is 279 g/mol. The maximum absolute atomic E-state index is 11.9. The monoisotopic (exact) mass is 279 g/mol. The van der Waals surface area contributed by atoms with E-state index in [4.69, 9.17) is 0 Å². The highest BCUT2D eigenvalue weighted by Crippen LogP contribution is 2.21. The molecular formula is C10H17NO4S2. The van der Waals surface area contributed by atoms with Crippen molar-refractivity contribution in [3.05, 3.63) is 11.0 Å². The molecule has 1 fully saturated rings.